The number of carboxylic acid groups (broad SMARTS) is 1. The minimum Gasteiger partial charge on any atom is -0.478 e. The number of hydrogen-bond donors (Lipinski definition) is 2. The lowest BCUT2D eigenvalue weighted by molar-refractivity contribution is 0.0697. The van der Waals surface area contributed by atoms with E-state index in [2.05, 4.69) is 24.1 Å². The number of nitrogens with zero attached hydrogens (tertiary/aromatic N) is 1. The second-order valence-corrected chi connectivity index (χ2v) is 4.98. The molecule has 6 heteroatoms. The quantitative estimate of drug-likeness (QED) is 0.568. The van der Waals surface area contributed by atoms with E-state index < -0.39 is 5.97 Å². The molecule has 2 N–H and O–H groups in total. The molecule has 1 aromatic heterocycles. The van der Waals surface area contributed by atoms with Crippen LogP contribution in [-0.2, 0) is 4.74 Å². The number of aromatic nitrogens is 1. The summed E-state index contributed by atoms with van der Waals surface area (Å²) >= 11 is 5.75. The van der Waals surface area contributed by atoms with Crippen molar-refractivity contribution in [3.63, 3.8) is 0 Å². The lowest BCUT2D eigenvalue weighted by Crippen LogP contribution is -2.12. The van der Waals surface area contributed by atoms with Gasteiger partial charge in [-0.3, -0.25) is 0 Å². The fourth-order valence-electron chi connectivity index (χ4n) is 1.38. The van der Waals surface area contributed by atoms with Gasteiger partial charge in [0.15, 0.2) is 0 Å². The zero-order chi connectivity index (χ0) is 14.3. The van der Waals surface area contributed by atoms with Crippen LogP contribution < -0.4 is 5.32 Å². The highest BCUT2D eigenvalue weighted by molar-refractivity contribution is 6.29. The van der Waals surface area contributed by atoms with Crippen LogP contribution in [0.3, 0.4) is 0 Å². The van der Waals surface area contributed by atoms with Crippen LogP contribution in [-0.4, -0.2) is 35.8 Å². The minimum absolute atomic E-state index is 0.114. The summed E-state index contributed by atoms with van der Waals surface area (Å²) in [4.78, 5) is 14.8. The molecule has 5 nitrogen and oxygen atoms in total. The third-order valence-corrected chi connectivity index (χ3v) is 2.63. The topological polar surface area (TPSA) is 71.5 Å². The lowest BCUT2D eigenvalue weighted by Gasteiger charge is -2.09. The molecule has 0 aromatic carbocycles. The number of halogens is 1. The van der Waals surface area contributed by atoms with Crippen LogP contribution in [0.1, 0.15) is 30.6 Å². The number of rotatable bonds is 8. The van der Waals surface area contributed by atoms with Gasteiger partial charge in [-0.15, -0.1) is 0 Å². The molecule has 0 unspecified atom stereocenters. The maximum absolute atomic E-state index is 10.8. The van der Waals surface area contributed by atoms with Crippen molar-refractivity contribution in [3.05, 3.63) is 22.8 Å². The van der Waals surface area contributed by atoms with Gasteiger partial charge in [-0.2, -0.15) is 0 Å². The predicted octanol–water partition coefficient (Wildman–Crippen LogP) is 2.91. The van der Waals surface area contributed by atoms with E-state index in [1.165, 1.54) is 12.1 Å². The molecule has 0 spiro atoms. The van der Waals surface area contributed by atoms with Gasteiger partial charge in [0, 0.05) is 13.2 Å². The zero-order valence-corrected chi connectivity index (χ0v) is 11.9. The van der Waals surface area contributed by atoms with Gasteiger partial charge in [0.1, 0.15) is 11.0 Å². The molecule has 1 heterocycles. The molecule has 1 aromatic rings. The van der Waals surface area contributed by atoms with E-state index in [0.29, 0.717) is 24.9 Å². The molecule has 0 aliphatic carbocycles. The van der Waals surface area contributed by atoms with E-state index in [0.717, 1.165) is 13.0 Å². The van der Waals surface area contributed by atoms with Gasteiger partial charge in [-0.25, -0.2) is 9.78 Å². The van der Waals surface area contributed by atoms with Crippen LogP contribution >= 0.6 is 11.6 Å². The third kappa shape index (κ3) is 6.40. The maximum atomic E-state index is 10.8. The monoisotopic (exact) mass is 286 g/mol. The molecule has 0 bridgehead atoms. The molecule has 0 aliphatic rings. The number of carboxylic acids is 1. The Labute approximate surface area is 117 Å². The third-order valence-electron chi connectivity index (χ3n) is 2.43. The predicted molar refractivity (Wildman–Crippen MR) is 75.0 cm³/mol. The second-order valence-electron chi connectivity index (χ2n) is 4.59. The number of aromatic carboxylic acids is 1. The van der Waals surface area contributed by atoms with E-state index in [1.54, 1.807) is 0 Å². The normalized spacial score (nSPS) is 10.7. The Kier molecular flexibility index (Phi) is 6.59. The Bertz CT molecular complexity index is 424. The van der Waals surface area contributed by atoms with Gasteiger partial charge >= 0.3 is 5.97 Å². The molecule has 0 amide bonds. The van der Waals surface area contributed by atoms with Gasteiger partial charge in [0.2, 0.25) is 0 Å². The highest BCUT2D eigenvalue weighted by Crippen LogP contribution is 2.14. The summed E-state index contributed by atoms with van der Waals surface area (Å²) in [5.41, 5.74) is 0.114. The molecular formula is C13H19ClN2O3. The van der Waals surface area contributed by atoms with Crippen molar-refractivity contribution in [2.24, 2.45) is 5.92 Å². The van der Waals surface area contributed by atoms with Crippen LogP contribution in [0, 0.1) is 5.92 Å². The fraction of sp³-hybridized carbons (Fsp3) is 0.538. The maximum Gasteiger partial charge on any atom is 0.335 e. The fourth-order valence-corrected chi connectivity index (χ4v) is 1.59. The van der Waals surface area contributed by atoms with E-state index in [1.807, 2.05) is 0 Å². The first-order valence-electron chi connectivity index (χ1n) is 6.21. The first-order chi connectivity index (χ1) is 8.99. The molecule has 19 heavy (non-hydrogen) atoms. The zero-order valence-electron chi connectivity index (χ0n) is 11.1. The Morgan fingerprint density at radius 3 is 2.84 bits per heavy atom. The molecule has 0 saturated carbocycles. The molecule has 0 saturated heterocycles. The summed E-state index contributed by atoms with van der Waals surface area (Å²) in [6.07, 6.45) is 1.03. The smallest absolute Gasteiger partial charge is 0.335 e. The van der Waals surface area contributed by atoms with Crippen molar-refractivity contribution in [1.29, 1.82) is 0 Å². The van der Waals surface area contributed by atoms with E-state index in [-0.39, 0.29) is 10.7 Å². The highest BCUT2D eigenvalue weighted by atomic mass is 35.5. The van der Waals surface area contributed by atoms with Gasteiger partial charge in [-0.05, 0) is 24.5 Å². The average Bonchev–Trinajstić information content (AvgIpc) is 2.32. The summed E-state index contributed by atoms with van der Waals surface area (Å²) in [5.74, 6) is 0.0403. The number of carbonyl (C=O) groups is 1. The first kappa shape index (κ1) is 15.7. The molecule has 1 rings (SSSR count). The first-order valence-corrected chi connectivity index (χ1v) is 6.59. The second kappa shape index (κ2) is 7.96. The number of anilines is 1. The Hall–Kier alpha value is -1.33. The lowest BCUT2D eigenvalue weighted by atomic mass is 10.1. The molecular weight excluding hydrogens is 268 g/mol. The van der Waals surface area contributed by atoms with Crippen LogP contribution in [0.15, 0.2) is 12.1 Å². The van der Waals surface area contributed by atoms with Gasteiger partial charge in [-0.1, -0.05) is 25.4 Å². The van der Waals surface area contributed by atoms with Crippen LogP contribution in [0.2, 0.25) is 5.15 Å². The number of nitrogens with one attached hydrogen (secondary N) is 1. The molecule has 0 aliphatic heterocycles. The van der Waals surface area contributed by atoms with Crippen LogP contribution in [0.5, 0.6) is 0 Å². The summed E-state index contributed by atoms with van der Waals surface area (Å²) < 4.78 is 5.43. The molecule has 0 atom stereocenters. The van der Waals surface area contributed by atoms with E-state index in [4.69, 9.17) is 21.4 Å². The summed E-state index contributed by atoms with van der Waals surface area (Å²) in [6, 6.07) is 2.76. The van der Waals surface area contributed by atoms with Gasteiger partial charge in [0.05, 0.1) is 12.2 Å². The van der Waals surface area contributed by atoms with E-state index >= 15 is 0 Å². The summed E-state index contributed by atoms with van der Waals surface area (Å²) in [6.45, 7) is 6.12. The van der Waals surface area contributed by atoms with Gasteiger partial charge in [0.25, 0.3) is 0 Å². The summed E-state index contributed by atoms with van der Waals surface area (Å²) in [7, 11) is 0. The molecule has 0 fully saturated rings. The van der Waals surface area contributed by atoms with Crippen molar-refractivity contribution in [3.8, 4) is 0 Å². The van der Waals surface area contributed by atoms with Crippen LogP contribution in [0.25, 0.3) is 0 Å². The van der Waals surface area contributed by atoms with Crippen molar-refractivity contribution in [2.75, 3.05) is 25.1 Å². The highest BCUT2D eigenvalue weighted by Gasteiger charge is 2.07. The number of ether oxygens (including phenoxy) is 1. The number of hydrogen-bond acceptors (Lipinski definition) is 4. The molecule has 0 radical (unpaired) electrons. The Morgan fingerprint density at radius 1 is 1.47 bits per heavy atom. The van der Waals surface area contributed by atoms with Crippen molar-refractivity contribution in [1.82, 2.24) is 4.98 Å². The van der Waals surface area contributed by atoms with Gasteiger partial charge < -0.3 is 15.2 Å². The summed E-state index contributed by atoms with van der Waals surface area (Å²) in [5, 5.41) is 12.0. The van der Waals surface area contributed by atoms with Crippen molar-refractivity contribution < 1.29 is 14.6 Å². The standard InChI is InChI=1S/C13H19ClN2O3/c1-9(2)3-5-19-6-4-15-12-8-10(13(17)18)7-11(14)16-12/h7-9H,3-6H2,1-2H3,(H,15,16)(H,17,18). The van der Waals surface area contributed by atoms with Crippen LogP contribution in [0.4, 0.5) is 5.82 Å². The van der Waals surface area contributed by atoms with Crippen molar-refractivity contribution >= 4 is 23.4 Å². The number of pyridine rings is 1. The van der Waals surface area contributed by atoms with E-state index in [9.17, 15) is 4.79 Å². The van der Waals surface area contributed by atoms with Crippen molar-refractivity contribution in [2.45, 2.75) is 20.3 Å². The SMILES string of the molecule is CC(C)CCOCCNc1cc(C(=O)O)cc(Cl)n1. The largest absolute Gasteiger partial charge is 0.478 e. The minimum atomic E-state index is -1.03. The average molecular weight is 287 g/mol. The Balaban J connectivity index is 2.35. The Morgan fingerprint density at radius 2 is 2.21 bits per heavy atom. The molecule has 106 valence electrons.